The molecule has 10 N–H and O–H groups in total. The molecule has 3 atom stereocenters. The number of carboxylic acids is 2. The van der Waals surface area contributed by atoms with Crippen LogP contribution in [0.25, 0.3) is 0 Å². The van der Waals surface area contributed by atoms with Crippen molar-refractivity contribution < 1.29 is 67.5 Å². The predicted octanol–water partition coefficient (Wildman–Crippen LogP) is 4.18. The Hall–Kier alpha value is -3.85. The molecule has 1 aliphatic rings. The number of carbonyl (C=O) groups excluding carboxylic acids is 6. The molecule has 2 unspecified atom stereocenters. The van der Waals surface area contributed by atoms with Crippen molar-refractivity contribution in [3.63, 3.8) is 0 Å². The topological polar surface area (TPSA) is 312 Å². The Morgan fingerprint density at radius 3 is 1.41 bits per heavy atom. The van der Waals surface area contributed by atoms with Gasteiger partial charge in [0, 0.05) is 51.4 Å². The Kier molecular flexibility index (Phi) is 42.9. The maximum absolute atomic E-state index is 13.0. The van der Waals surface area contributed by atoms with Gasteiger partial charge in [-0.2, -0.15) is 0 Å². The van der Waals surface area contributed by atoms with Gasteiger partial charge >= 0.3 is 11.9 Å². The lowest BCUT2D eigenvalue weighted by Crippen LogP contribution is -2.45. The van der Waals surface area contributed by atoms with Gasteiger partial charge in [-0.25, -0.2) is 10.2 Å². The van der Waals surface area contributed by atoms with Gasteiger partial charge in [-0.1, -0.05) is 99.1 Å². The molecule has 0 radical (unpaired) electrons. The monoisotopic (exact) mass is 1060 g/mol. The molecule has 0 aromatic carbocycles. The van der Waals surface area contributed by atoms with Gasteiger partial charge in [-0.15, -0.1) is 0 Å². The molecule has 0 saturated heterocycles. The molecule has 22 heteroatoms. The van der Waals surface area contributed by atoms with E-state index in [9.17, 15) is 43.5 Å². The number of carboxylic acid groups (broad SMARTS) is 2. The van der Waals surface area contributed by atoms with E-state index in [1.807, 2.05) is 0 Å². The number of unbranched alkanes of at least 4 members (excludes halogenated alkanes) is 16. The summed E-state index contributed by atoms with van der Waals surface area (Å²) >= 11 is 0. The molecule has 5 amide bonds. The van der Waals surface area contributed by atoms with Crippen molar-refractivity contribution in [3.05, 3.63) is 0 Å². The first-order valence-electron chi connectivity index (χ1n) is 27.2. The molecule has 0 spiro atoms. The number of carbonyl (C=O) groups is 8. The molecule has 73 heavy (non-hydrogen) atoms. The van der Waals surface area contributed by atoms with E-state index in [0.29, 0.717) is 45.2 Å². The number of ether oxygens (including phenoxy) is 4. The van der Waals surface area contributed by atoms with E-state index >= 15 is 0 Å². The first-order chi connectivity index (χ1) is 35.3. The Labute approximate surface area is 436 Å². The number of nitrogens with one attached hydrogen (secondary N) is 6. The van der Waals surface area contributed by atoms with Crippen LogP contribution in [0.4, 0.5) is 0 Å². The molecule has 0 bridgehead atoms. The molecule has 1 saturated carbocycles. The van der Waals surface area contributed by atoms with Crippen LogP contribution in [-0.2, 0) is 57.3 Å². The highest BCUT2D eigenvalue weighted by molar-refractivity contribution is 7.40. The fraction of sp³-hybridized carbons (Fsp3) is 0.843. The van der Waals surface area contributed by atoms with E-state index in [-0.39, 0.29) is 132 Å². The van der Waals surface area contributed by atoms with Gasteiger partial charge in [-0.3, -0.25) is 39.4 Å². The van der Waals surface area contributed by atoms with Crippen molar-refractivity contribution in [2.45, 2.75) is 185 Å². The first-order valence-corrected chi connectivity index (χ1v) is 27.8. The smallest absolute Gasteiger partial charge is 0.326 e. The van der Waals surface area contributed by atoms with Gasteiger partial charge in [-0.05, 0) is 70.1 Å². The van der Waals surface area contributed by atoms with Gasteiger partial charge in [0.2, 0.25) is 29.5 Å². The van der Waals surface area contributed by atoms with E-state index in [1.165, 1.54) is 64.2 Å². The van der Waals surface area contributed by atoms with Crippen LogP contribution in [-0.4, -0.2) is 148 Å². The highest BCUT2D eigenvalue weighted by Crippen LogP contribution is 2.29. The predicted molar refractivity (Wildman–Crippen MR) is 280 cm³/mol. The van der Waals surface area contributed by atoms with Crippen LogP contribution in [0.15, 0.2) is 0 Å². The normalized spacial score (nSPS) is 15.2. The molecular weight excluding hydrogens is 966 g/mol. The minimum absolute atomic E-state index is 0.0584. The van der Waals surface area contributed by atoms with E-state index in [1.54, 1.807) is 0 Å². The highest BCUT2D eigenvalue weighted by atomic mass is 31.0. The number of aliphatic carboxylic acids is 2. The summed E-state index contributed by atoms with van der Waals surface area (Å²) in [6.07, 6.45) is 24.1. The molecule has 0 aromatic heterocycles. The summed E-state index contributed by atoms with van der Waals surface area (Å²) in [5.41, 5.74) is 2.34. The van der Waals surface area contributed by atoms with Crippen molar-refractivity contribution >= 4 is 56.2 Å². The fourth-order valence-corrected chi connectivity index (χ4v) is 8.59. The van der Waals surface area contributed by atoms with Crippen molar-refractivity contribution in [1.29, 1.82) is 0 Å². The Balaban J connectivity index is 1.97. The lowest BCUT2D eigenvalue weighted by Gasteiger charge is -2.28. The zero-order chi connectivity index (χ0) is 53.6. The third kappa shape index (κ3) is 41.1. The molecule has 21 nitrogen and oxygen atoms in total. The maximum atomic E-state index is 13.0. The van der Waals surface area contributed by atoms with Gasteiger partial charge in [0.25, 0.3) is 0 Å². The summed E-state index contributed by atoms with van der Waals surface area (Å²) in [4.78, 5) is 95.4. The summed E-state index contributed by atoms with van der Waals surface area (Å²) in [5.74, 6) is 2.18. The molecule has 0 aromatic rings. The highest BCUT2D eigenvalue weighted by Gasteiger charge is 2.30. The zero-order valence-corrected chi connectivity index (χ0v) is 45.0. The summed E-state index contributed by atoms with van der Waals surface area (Å²) in [6, 6.07) is -1.61. The minimum Gasteiger partial charge on any atom is -0.481 e. The number of rotatable bonds is 50. The second kappa shape index (κ2) is 46.7. The lowest BCUT2D eigenvalue weighted by molar-refractivity contribution is -0.143. The van der Waals surface area contributed by atoms with Gasteiger partial charge in [0.05, 0.1) is 45.7 Å². The average Bonchev–Trinajstić information content (AvgIpc) is 3.36. The van der Waals surface area contributed by atoms with Crippen LogP contribution in [0.1, 0.15) is 173 Å². The molecule has 0 heterocycles. The molecule has 1 fully saturated rings. The lowest BCUT2D eigenvalue weighted by atomic mass is 9.81. The second-order valence-electron chi connectivity index (χ2n) is 19.0. The molecule has 1 aliphatic carbocycles. The largest absolute Gasteiger partial charge is 0.481 e. The van der Waals surface area contributed by atoms with Gasteiger partial charge in [0.15, 0.2) is 5.52 Å². The standard InChI is InChI=1S/C51H94N7O14P/c52-58-43(51(68)73)19-17-18-28-53-46(61)38-71-35-34-70-32-30-55-47(62)39-72-36-33-69-31-29-54-45(60)27-26-42(50(66)67)57-49(65)41-24-22-40(23-25-41)37-56-44(59)20-15-13-11-9-7-5-3-1-2-4-6-8-10-12-14-16-21-48(63)64/h40-43,58H,1-39,52,73H2,(H,53,61)(H,54,60)(H,55,62)(H,56,59)(H,57,65)(H,63,64)(H,66,67)/t40?,41?,42?,43-/m0/s1. The van der Waals surface area contributed by atoms with E-state index in [2.05, 4.69) is 41.2 Å². The van der Waals surface area contributed by atoms with Gasteiger partial charge < -0.3 is 55.7 Å². The van der Waals surface area contributed by atoms with Gasteiger partial charge in [0.1, 0.15) is 19.3 Å². The van der Waals surface area contributed by atoms with Crippen LogP contribution in [0.5, 0.6) is 0 Å². The first kappa shape index (κ1) is 67.2. The van der Waals surface area contributed by atoms with Crippen LogP contribution in [0.2, 0.25) is 0 Å². The summed E-state index contributed by atoms with van der Waals surface area (Å²) < 4.78 is 21.4. The molecule has 1 rings (SSSR count). The zero-order valence-electron chi connectivity index (χ0n) is 43.8. The minimum atomic E-state index is -1.20. The second-order valence-corrected chi connectivity index (χ2v) is 19.6. The van der Waals surface area contributed by atoms with Crippen molar-refractivity contribution in [1.82, 2.24) is 32.0 Å². The number of nitrogens with two attached hydrogens (primary N) is 1. The van der Waals surface area contributed by atoms with E-state index < -0.39 is 24.0 Å². The SMILES string of the molecule is NN[C@@H](CCCCNC(=O)COCCOCCNC(=O)COCCOCCNC(=O)CCC(NC(=O)C1CCC(CNC(=O)CCCCCCCCCCCCCCCCCCC(=O)O)CC1)C(=O)O)C(=O)P. The number of hydrogen-bond donors (Lipinski definition) is 9. The average molecular weight is 1060 g/mol. The van der Waals surface area contributed by atoms with Crippen LogP contribution in [0, 0.1) is 11.8 Å². The number of hydrazine groups is 1. The summed E-state index contributed by atoms with van der Waals surface area (Å²) in [7, 11) is 2.10. The van der Waals surface area contributed by atoms with Crippen LogP contribution in [0.3, 0.4) is 0 Å². The third-order valence-corrected chi connectivity index (χ3v) is 13.2. The fourth-order valence-electron chi connectivity index (χ4n) is 8.33. The third-order valence-electron chi connectivity index (χ3n) is 12.8. The molecular formula is C51H94N7O14P. The van der Waals surface area contributed by atoms with Crippen molar-refractivity contribution in [2.24, 2.45) is 17.7 Å². The number of amides is 5. The maximum Gasteiger partial charge on any atom is 0.326 e. The van der Waals surface area contributed by atoms with Crippen LogP contribution >= 0.6 is 9.24 Å². The van der Waals surface area contributed by atoms with Crippen molar-refractivity contribution in [2.75, 3.05) is 79.0 Å². The van der Waals surface area contributed by atoms with E-state index in [4.69, 9.17) is 29.9 Å². The quantitative estimate of drug-likeness (QED) is 0.0179. The van der Waals surface area contributed by atoms with Crippen molar-refractivity contribution in [3.8, 4) is 0 Å². The van der Waals surface area contributed by atoms with E-state index in [0.717, 1.165) is 57.8 Å². The summed E-state index contributed by atoms with van der Waals surface area (Å²) in [6.45, 7) is 2.45. The molecule has 0 aliphatic heterocycles. The Morgan fingerprint density at radius 2 is 0.932 bits per heavy atom. The number of hydrogen-bond acceptors (Lipinski definition) is 14. The Morgan fingerprint density at radius 1 is 0.479 bits per heavy atom. The van der Waals surface area contributed by atoms with Crippen LogP contribution < -0.4 is 37.9 Å². The Bertz CT molecular complexity index is 1530. The summed E-state index contributed by atoms with van der Waals surface area (Å²) in [5, 5.41) is 32.2. The molecule has 422 valence electrons.